The molecule has 0 atom stereocenters. The van der Waals surface area contributed by atoms with Gasteiger partial charge in [-0.15, -0.1) is 0 Å². The number of amides is 2. The fourth-order valence-corrected chi connectivity index (χ4v) is 2.36. The van der Waals surface area contributed by atoms with E-state index in [9.17, 15) is 14.0 Å². The molecule has 0 unspecified atom stereocenters. The number of aryl methyl sites for hydroxylation is 1. The average molecular weight is 376 g/mol. The summed E-state index contributed by atoms with van der Waals surface area (Å²) in [6.07, 6.45) is 0. The van der Waals surface area contributed by atoms with Crippen molar-refractivity contribution in [3.63, 3.8) is 0 Å². The number of hydrogen-bond donors (Lipinski definition) is 2. The first-order valence-corrected chi connectivity index (χ1v) is 7.28. The molecule has 0 aliphatic heterocycles. The van der Waals surface area contributed by atoms with Crippen molar-refractivity contribution in [3.05, 3.63) is 68.9 Å². The number of hydrogen-bond acceptors (Lipinski definition) is 3. The molecule has 116 valence electrons. The van der Waals surface area contributed by atoms with Crippen molar-refractivity contribution in [1.82, 2.24) is 10.9 Å². The summed E-state index contributed by atoms with van der Waals surface area (Å²) in [4.78, 5) is 24.0. The van der Waals surface area contributed by atoms with E-state index >= 15 is 0 Å². The highest BCUT2D eigenvalue weighted by molar-refractivity contribution is 9.10. The summed E-state index contributed by atoms with van der Waals surface area (Å²) < 4.78 is 14.1. The third-order valence-corrected chi connectivity index (χ3v) is 3.56. The predicted molar refractivity (Wildman–Crippen MR) is 84.9 cm³/mol. The van der Waals surface area contributed by atoms with Gasteiger partial charge in [-0.3, -0.25) is 20.4 Å². The van der Waals surface area contributed by atoms with Crippen LogP contribution in [-0.2, 0) is 0 Å². The van der Waals surface area contributed by atoms with Crippen molar-refractivity contribution in [2.24, 2.45) is 0 Å². The summed E-state index contributed by atoms with van der Waals surface area (Å²) in [5.41, 5.74) is 5.47. The molecule has 23 heavy (non-hydrogen) atoms. The molecule has 0 radical (unpaired) electrons. The van der Waals surface area contributed by atoms with E-state index in [0.717, 1.165) is 22.2 Å². The van der Waals surface area contributed by atoms with Gasteiger partial charge in [-0.25, -0.2) is 4.39 Å². The molecule has 5 nitrogen and oxygen atoms in total. The fourth-order valence-electron chi connectivity index (χ4n) is 1.89. The molecule has 0 aliphatic rings. The zero-order chi connectivity index (χ0) is 17.0. The second-order valence-corrected chi connectivity index (χ2v) is 5.59. The van der Waals surface area contributed by atoms with E-state index in [1.165, 1.54) is 6.07 Å². The molecule has 2 amide bonds. The Morgan fingerprint density at radius 3 is 2.48 bits per heavy atom. The maximum absolute atomic E-state index is 13.2. The van der Waals surface area contributed by atoms with Crippen LogP contribution in [0, 0.1) is 24.1 Å². The number of nitriles is 1. The van der Waals surface area contributed by atoms with E-state index < -0.39 is 17.6 Å². The van der Waals surface area contributed by atoms with Crippen molar-refractivity contribution < 1.29 is 14.0 Å². The lowest BCUT2D eigenvalue weighted by atomic mass is 10.1. The Balaban J connectivity index is 2.07. The average Bonchev–Trinajstić information content (AvgIpc) is 2.52. The Bertz CT molecular complexity index is 831. The van der Waals surface area contributed by atoms with Crippen LogP contribution in [0.4, 0.5) is 4.39 Å². The second-order valence-electron chi connectivity index (χ2n) is 4.67. The van der Waals surface area contributed by atoms with Crippen molar-refractivity contribution >= 4 is 27.7 Å². The summed E-state index contributed by atoms with van der Waals surface area (Å²) >= 11 is 3.30. The SMILES string of the molecule is Cc1cc(Br)ccc1C(=O)NNC(=O)c1ccc(F)c(C#N)c1. The Morgan fingerprint density at radius 2 is 1.83 bits per heavy atom. The molecule has 2 N–H and O–H groups in total. The van der Waals surface area contributed by atoms with Gasteiger partial charge in [0, 0.05) is 15.6 Å². The molecule has 7 heteroatoms. The number of nitrogens with zero attached hydrogens (tertiary/aromatic N) is 1. The topological polar surface area (TPSA) is 82.0 Å². The standard InChI is InChI=1S/C16H11BrFN3O2/c1-9-6-12(17)3-4-13(9)16(23)21-20-15(22)10-2-5-14(18)11(7-10)8-19/h2-7H,1H3,(H,20,22)(H,21,23). The lowest BCUT2D eigenvalue weighted by molar-refractivity contribution is 0.0846. The van der Waals surface area contributed by atoms with Crippen molar-refractivity contribution in [1.29, 1.82) is 5.26 Å². The van der Waals surface area contributed by atoms with Crippen molar-refractivity contribution in [2.75, 3.05) is 0 Å². The first kappa shape index (κ1) is 16.6. The Hall–Kier alpha value is -2.72. The zero-order valence-electron chi connectivity index (χ0n) is 12.0. The van der Waals surface area contributed by atoms with E-state index in [-0.39, 0.29) is 11.1 Å². The minimum absolute atomic E-state index is 0.0655. The van der Waals surface area contributed by atoms with Crippen LogP contribution in [0.3, 0.4) is 0 Å². The largest absolute Gasteiger partial charge is 0.269 e. The lowest BCUT2D eigenvalue weighted by Gasteiger charge is -2.09. The van der Waals surface area contributed by atoms with Crippen LogP contribution >= 0.6 is 15.9 Å². The zero-order valence-corrected chi connectivity index (χ0v) is 13.6. The molecule has 0 saturated heterocycles. The van der Waals surface area contributed by atoms with E-state index in [1.54, 1.807) is 31.2 Å². The molecule has 0 saturated carbocycles. The molecule has 0 heterocycles. The first-order valence-electron chi connectivity index (χ1n) is 6.49. The third kappa shape index (κ3) is 3.93. The molecule has 0 aliphatic carbocycles. The van der Waals surface area contributed by atoms with E-state index in [1.807, 2.05) is 0 Å². The van der Waals surface area contributed by atoms with Gasteiger partial charge in [0.05, 0.1) is 5.56 Å². The highest BCUT2D eigenvalue weighted by Crippen LogP contribution is 2.15. The van der Waals surface area contributed by atoms with Gasteiger partial charge in [-0.05, 0) is 48.9 Å². The van der Waals surface area contributed by atoms with E-state index in [2.05, 4.69) is 26.8 Å². The van der Waals surface area contributed by atoms with Gasteiger partial charge in [0.2, 0.25) is 0 Å². The van der Waals surface area contributed by atoms with Crippen LogP contribution in [0.5, 0.6) is 0 Å². The van der Waals surface area contributed by atoms with E-state index in [4.69, 9.17) is 5.26 Å². The molecule has 0 fully saturated rings. The summed E-state index contributed by atoms with van der Waals surface area (Å²) in [6, 6.07) is 10.1. The first-order chi connectivity index (χ1) is 10.9. The van der Waals surface area contributed by atoms with Crippen LogP contribution < -0.4 is 10.9 Å². The van der Waals surface area contributed by atoms with Crippen LogP contribution in [-0.4, -0.2) is 11.8 Å². The highest BCUT2D eigenvalue weighted by atomic mass is 79.9. The second kappa shape index (κ2) is 7.03. The van der Waals surface area contributed by atoms with Gasteiger partial charge in [0.1, 0.15) is 11.9 Å². The Morgan fingerprint density at radius 1 is 1.13 bits per heavy atom. The fraction of sp³-hybridized carbons (Fsp3) is 0.0625. The maximum atomic E-state index is 13.2. The molecular weight excluding hydrogens is 365 g/mol. The van der Waals surface area contributed by atoms with Crippen molar-refractivity contribution in [2.45, 2.75) is 6.92 Å². The maximum Gasteiger partial charge on any atom is 0.269 e. The Labute approximate surface area is 140 Å². The van der Waals surface area contributed by atoms with E-state index in [0.29, 0.717) is 5.56 Å². The van der Waals surface area contributed by atoms with Gasteiger partial charge in [0.25, 0.3) is 11.8 Å². The van der Waals surface area contributed by atoms with Crippen LogP contribution in [0.25, 0.3) is 0 Å². The van der Waals surface area contributed by atoms with Gasteiger partial charge in [0.15, 0.2) is 0 Å². The molecule has 0 aromatic heterocycles. The molecule has 0 spiro atoms. The number of carbonyl (C=O) groups is 2. The minimum Gasteiger partial charge on any atom is -0.267 e. The number of rotatable bonds is 2. The Kier molecular flexibility index (Phi) is 5.09. The van der Waals surface area contributed by atoms with Crippen LogP contribution in [0.2, 0.25) is 0 Å². The summed E-state index contributed by atoms with van der Waals surface area (Å²) in [7, 11) is 0. The lowest BCUT2D eigenvalue weighted by Crippen LogP contribution is -2.41. The van der Waals surface area contributed by atoms with Gasteiger partial charge in [-0.1, -0.05) is 15.9 Å². The minimum atomic E-state index is -0.710. The number of hydrazine groups is 1. The highest BCUT2D eigenvalue weighted by Gasteiger charge is 2.13. The molecule has 2 rings (SSSR count). The predicted octanol–water partition coefficient (Wildman–Crippen LogP) is 2.84. The normalized spacial score (nSPS) is 9.83. The number of halogens is 2. The summed E-state index contributed by atoms with van der Waals surface area (Å²) in [5.74, 6) is -1.84. The molecular formula is C16H11BrFN3O2. The summed E-state index contributed by atoms with van der Waals surface area (Å²) in [6.45, 7) is 1.76. The van der Waals surface area contributed by atoms with Gasteiger partial charge < -0.3 is 0 Å². The smallest absolute Gasteiger partial charge is 0.267 e. The monoisotopic (exact) mass is 375 g/mol. The molecule has 2 aromatic rings. The molecule has 2 aromatic carbocycles. The number of nitrogens with one attached hydrogen (secondary N) is 2. The van der Waals surface area contributed by atoms with Crippen molar-refractivity contribution in [3.8, 4) is 6.07 Å². The van der Waals surface area contributed by atoms with Gasteiger partial charge in [-0.2, -0.15) is 5.26 Å². The quantitative estimate of drug-likeness (QED) is 0.791. The number of carbonyl (C=O) groups excluding carboxylic acids is 2. The van der Waals surface area contributed by atoms with Crippen LogP contribution in [0.1, 0.15) is 31.8 Å². The number of benzene rings is 2. The summed E-state index contributed by atoms with van der Waals surface area (Å²) in [5, 5.41) is 8.75. The van der Waals surface area contributed by atoms with Crippen LogP contribution in [0.15, 0.2) is 40.9 Å². The molecule has 0 bridgehead atoms. The third-order valence-electron chi connectivity index (χ3n) is 3.07. The van der Waals surface area contributed by atoms with Gasteiger partial charge >= 0.3 is 0 Å².